The largest absolute Gasteiger partial charge is 0.380 e. The Hall–Kier alpha value is -0.670. The van der Waals surface area contributed by atoms with E-state index < -0.39 is 5.69 Å². The molecular weight excluding hydrogens is 611 g/mol. The van der Waals surface area contributed by atoms with Gasteiger partial charge in [0, 0.05) is 25.7 Å². The summed E-state index contributed by atoms with van der Waals surface area (Å²) in [6, 6.07) is 6.56. The Labute approximate surface area is 269 Å². The van der Waals surface area contributed by atoms with Gasteiger partial charge in [-0.05, 0) is 81.2 Å². The third-order valence-corrected chi connectivity index (χ3v) is 12.3. The number of piperidine rings is 1. The molecule has 0 aromatic heterocycles. The molecule has 0 spiro atoms. The van der Waals surface area contributed by atoms with Crippen LogP contribution in [0.3, 0.4) is 0 Å². The van der Waals surface area contributed by atoms with E-state index in [1.54, 1.807) is 4.90 Å². The number of rotatable bonds is 18. The summed E-state index contributed by atoms with van der Waals surface area (Å²) in [6.07, 6.45) is 8.01. The molecule has 0 aliphatic carbocycles. The van der Waals surface area contributed by atoms with Crippen LogP contribution in [0, 0.1) is 0 Å². The average Bonchev–Trinajstić information content (AvgIpc) is 3.01. The van der Waals surface area contributed by atoms with Crippen molar-refractivity contribution in [1.82, 2.24) is 4.90 Å². The molecule has 1 aliphatic rings. The first-order valence-electron chi connectivity index (χ1n) is 15.6. The number of amides is 2. The zero-order chi connectivity index (χ0) is 31.4. The van der Waals surface area contributed by atoms with Gasteiger partial charge in [0.15, 0.2) is 0 Å². The van der Waals surface area contributed by atoms with Gasteiger partial charge in [0.25, 0.3) is 0 Å². The predicted octanol–water partition coefficient (Wildman–Crippen LogP) is 8.01. The van der Waals surface area contributed by atoms with E-state index in [4.69, 9.17) is 37.2 Å². The molecule has 1 aliphatic heterocycles. The van der Waals surface area contributed by atoms with Gasteiger partial charge in [-0.1, -0.05) is 64.2 Å². The van der Waals surface area contributed by atoms with Crippen molar-refractivity contribution in [2.75, 3.05) is 56.0 Å². The maximum atomic E-state index is 12.4. The fourth-order valence-corrected chi connectivity index (χ4v) is 8.84. The van der Waals surface area contributed by atoms with E-state index in [2.05, 4.69) is 45.9 Å². The highest BCUT2D eigenvalue weighted by Gasteiger charge is 2.27. The van der Waals surface area contributed by atoms with E-state index in [9.17, 15) is 9.59 Å². The maximum absolute atomic E-state index is 12.4. The van der Waals surface area contributed by atoms with Crippen LogP contribution >= 0.6 is 28.7 Å². The first-order chi connectivity index (χ1) is 20.2. The summed E-state index contributed by atoms with van der Waals surface area (Å²) in [4.78, 5) is 28.4. The van der Waals surface area contributed by atoms with Crippen LogP contribution in [0.2, 0.25) is 0 Å². The molecule has 1 unspecified atom stereocenters. The number of carbonyl (C=O) groups is 2. The maximum Gasteiger partial charge on any atom is 0.247 e. The third kappa shape index (κ3) is 14.0. The summed E-state index contributed by atoms with van der Waals surface area (Å²) in [6.45, 7) is 16.4. The average molecular weight is 665 g/mol. The highest BCUT2D eigenvalue weighted by molar-refractivity contribution is 8.68. The quantitative estimate of drug-likeness (QED) is 0.0895. The number of ether oxygens (including phenoxy) is 1. The first kappa shape index (κ1) is 39.4. The number of halogens is 1. The minimum absolute atomic E-state index is 0.00498. The van der Waals surface area contributed by atoms with Crippen LogP contribution in [0.4, 0.5) is 5.69 Å². The molecule has 1 heterocycles. The molecule has 1 atom stereocenters. The molecule has 0 N–H and O–H groups in total. The number of likely N-dealkylation sites (tertiary alicyclic amines) is 1. The van der Waals surface area contributed by atoms with E-state index in [0.29, 0.717) is 38.2 Å². The van der Waals surface area contributed by atoms with E-state index >= 15 is 0 Å². The van der Waals surface area contributed by atoms with Crippen molar-refractivity contribution in [3.63, 3.8) is 0 Å². The van der Waals surface area contributed by atoms with Crippen molar-refractivity contribution in [2.45, 2.75) is 99.0 Å². The molecule has 2 amide bonds. The van der Waals surface area contributed by atoms with Crippen LogP contribution in [-0.2, 0) is 48.0 Å². The Kier molecular flexibility index (Phi) is 21.3. The monoisotopic (exact) mass is 664 g/mol. The van der Waals surface area contributed by atoms with Crippen molar-refractivity contribution < 1.29 is 23.4 Å². The van der Waals surface area contributed by atoms with Gasteiger partial charge in [-0.3, -0.25) is 9.59 Å². The lowest BCUT2D eigenvalue weighted by Gasteiger charge is -2.33. The van der Waals surface area contributed by atoms with Gasteiger partial charge >= 0.3 is 0 Å². The molecule has 0 radical (unpaired) electrons. The van der Waals surface area contributed by atoms with E-state index in [0.717, 1.165) is 63.8 Å². The molecule has 1 saturated heterocycles. The normalized spacial score (nSPS) is 15.2. The summed E-state index contributed by atoms with van der Waals surface area (Å²) in [5, 5.41) is 0. The van der Waals surface area contributed by atoms with Crippen molar-refractivity contribution in [3.05, 3.63) is 29.3 Å². The van der Waals surface area contributed by atoms with Crippen LogP contribution in [0.15, 0.2) is 18.2 Å². The Morgan fingerprint density at radius 2 is 1.60 bits per heavy atom. The lowest BCUT2D eigenvalue weighted by molar-refractivity contribution is -0.131. The fraction of sp³-hybridized carbons (Fsp3) is 0.742. The molecule has 1 aromatic carbocycles. The molecule has 1 fully saturated rings. The molecular formula is C31H54ClN2O5PS2. The van der Waals surface area contributed by atoms with Gasteiger partial charge in [0.05, 0.1) is 31.3 Å². The van der Waals surface area contributed by atoms with E-state index in [1.165, 1.54) is 28.9 Å². The standard InChI is InChI=1S/C17H26ClNO2.C14H28NO3PS2/c1-4-11-21-12-10-19(16(20)13-18)17-14(5-2)8-7-9-15(17)6-3;1-4-10-17-19(20,18-11-5-2)21-12-14(16)15-9-7-6-8-13(15)3/h7-9H,4-6,10-13H2,1-3H3;13H,4-12H2,1-3H3. The second kappa shape index (κ2) is 22.8. The molecule has 242 valence electrons. The van der Waals surface area contributed by atoms with Gasteiger partial charge in [0.2, 0.25) is 17.5 Å². The van der Waals surface area contributed by atoms with Crippen molar-refractivity contribution in [1.29, 1.82) is 0 Å². The third-order valence-electron chi connectivity index (χ3n) is 6.83. The van der Waals surface area contributed by atoms with Crippen molar-refractivity contribution in [2.24, 2.45) is 0 Å². The fourth-order valence-electron chi connectivity index (χ4n) is 4.60. The number of hydrogen-bond donors (Lipinski definition) is 0. The number of hydrogen-bond acceptors (Lipinski definition) is 7. The summed E-state index contributed by atoms with van der Waals surface area (Å²) in [7, 11) is 0. The van der Waals surface area contributed by atoms with Gasteiger partial charge in [-0.15, -0.1) is 11.6 Å². The Morgan fingerprint density at radius 1 is 1.00 bits per heavy atom. The molecule has 2 rings (SSSR count). The van der Waals surface area contributed by atoms with Crippen LogP contribution in [0.1, 0.15) is 91.2 Å². The van der Waals surface area contributed by atoms with Crippen molar-refractivity contribution >= 4 is 58.0 Å². The zero-order valence-corrected chi connectivity index (χ0v) is 30.0. The Morgan fingerprint density at radius 3 is 2.10 bits per heavy atom. The molecule has 0 saturated carbocycles. The number of para-hydroxylation sites is 1. The molecule has 0 bridgehead atoms. The smallest absolute Gasteiger partial charge is 0.247 e. The zero-order valence-electron chi connectivity index (χ0n) is 26.7. The highest BCUT2D eigenvalue weighted by Crippen LogP contribution is 2.61. The van der Waals surface area contributed by atoms with Crippen molar-refractivity contribution in [3.8, 4) is 0 Å². The number of benzene rings is 1. The van der Waals surface area contributed by atoms with Crippen LogP contribution < -0.4 is 4.90 Å². The van der Waals surface area contributed by atoms with Gasteiger partial charge in [0.1, 0.15) is 5.88 Å². The summed E-state index contributed by atoms with van der Waals surface area (Å²) in [5.74, 6) is 0.471. The number of anilines is 1. The number of carbonyl (C=O) groups excluding carboxylic acids is 2. The summed E-state index contributed by atoms with van der Waals surface area (Å²) < 4.78 is 17.0. The predicted molar refractivity (Wildman–Crippen MR) is 184 cm³/mol. The van der Waals surface area contributed by atoms with E-state index in [1.807, 2.05) is 18.7 Å². The Bertz CT molecular complexity index is 937. The number of nitrogens with zero attached hydrogens (tertiary/aromatic N) is 2. The lowest BCUT2D eigenvalue weighted by atomic mass is 10.0. The number of aryl methyl sites for hydroxylation is 2. The second-order valence-corrected chi connectivity index (χ2v) is 16.8. The first-order valence-corrected chi connectivity index (χ1v) is 20.4. The highest BCUT2D eigenvalue weighted by atomic mass is 35.5. The summed E-state index contributed by atoms with van der Waals surface area (Å²) in [5.41, 5.74) is 1.01. The molecule has 42 heavy (non-hydrogen) atoms. The minimum atomic E-state index is -2.37. The van der Waals surface area contributed by atoms with Gasteiger partial charge < -0.3 is 23.6 Å². The van der Waals surface area contributed by atoms with E-state index in [-0.39, 0.29) is 17.7 Å². The van der Waals surface area contributed by atoms with Crippen LogP contribution in [0.5, 0.6) is 0 Å². The topological polar surface area (TPSA) is 68.3 Å². The van der Waals surface area contributed by atoms with Gasteiger partial charge in [-0.25, -0.2) is 0 Å². The molecule has 1 aromatic rings. The van der Waals surface area contributed by atoms with Gasteiger partial charge in [-0.2, -0.15) is 0 Å². The van der Waals surface area contributed by atoms with Crippen LogP contribution in [0.25, 0.3) is 0 Å². The number of alkyl halides is 1. The Balaban J connectivity index is 0.000000420. The molecule has 11 heteroatoms. The van der Waals surface area contributed by atoms with Crippen LogP contribution in [-0.4, -0.2) is 73.9 Å². The minimum Gasteiger partial charge on any atom is -0.380 e. The molecule has 7 nitrogen and oxygen atoms in total. The second-order valence-electron chi connectivity index (χ2n) is 10.2. The lowest BCUT2D eigenvalue weighted by Crippen LogP contribution is -2.42. The SMILES string of the molecule is CCCOCCN(C(=O)CCl)c1c(CC)cccc1CC.CCCOP(=S)(OCCC)SCC(=O)N1CCCCC1C. The summed E-state index contributed by atoms with van der Waals surface area (Å²) >= 11 is 12.7.